The Morgan fingerprint density at radius 3 is 2.29 bits per heavy atom. The van der Waals surface area contributed by atoms with Gasteiger partial charge in [-0.25, -0.2) is 0 Å². The van der Waals surface area contributed by atoms with E-state index in [0.717, 1.165) is 40.5 Å². The van der Waals surface area contributed by atoms with Crippen molar-refractivity contribution in [3.8, 4) is 11.3 Å². The summed E-state index contributed by atoms with van der Waals surface area (Å²) in [6.45, 7) is 1.23. The van der Waals surface area contributed by atoms with Crippen LogP contribution in [0.3, 0.4) is 0 Å². The van der Waals surface area contributed by atoms with Crippen molar-refractivity contribution in [3.63, 3.8) is 0 Å². The van der Waals surface area contributed by atoms with Gasteiger partial charge in [0.05, 0.1) is 11.3 Å². The van der Waals surface area contributed by atoms with E-state index in [9.17, 15) is 22.8 Å². The molecule has 2 N–H and O–H groups in total. The van der Waals surface area contributed by atoms with Crippen molar-refractivity contribution in [1.29, 1.82) is 0 Å². The molecule has 0 atom stereocenters. The first-order chi connectivity index (χ1) is 18.2. The van der Waals surface area contributed by atoms with E-state index in [1.165, 1.54) is 7.05 Å². The van der Waals surface area contributed by atoms with Gasteiger partial charge in [0, 0.05) is 43.8 Å². The molecule has 1 saturated heterocycles. The maximum absolute atomic E-state index is 13.2. The summed E-state index contributed by atoms with van der Waals surface area (Å²) in [6.07, 6.45) is -0.423. The highest BCUT2D eigenvalue weighted by atomic mass is 19.4. The first kappa shape index (κ1) is 25.2. The average Bonchev–Trinajstić information content (AvgIpc) is 3.59. The molecule has 1 fully saturated rings. The molecule has 5 rings (SSSR count). The second kappa shape index (κ2) is 10.2. The third-order valence-corrected chi connectivity index (χ3v) is 6.71. The van der Waals surface area contributed by atoms with Crippen LogP contribution in [0, 0.1) is 0 Å². The topological polar surface area (TPSA) is 95.9 Å². The van der Waals surface area contributed by atoms with Crippen LogP contribution in [0.25, 0.3) is 11.3 Å². The van der Waals surface area contributed by atoms with Gasteiger partial charge in [-0.05, 0) is 60.2 Å². The molecule has 11 heteroatoms. The number of hydrogen-bond donors (Lipinski definition) is 2. The van der Waals surface area contributed by atoms with Crippen LogP contribution in [0.2, 0.25) is 0 Å². The number of piperidine rings is 1. The van der Waals surface area contributed by atoms with Gasteiger partial charge in [0.1, 0.15) is 0 Å². The Labute approximate surface area is 216 Å². The Morgan fingerprint density at radius 2 is 1.68 bits per heavy atom. The lowest BCUT2D eigenvalue weighted by Gasteiger charge is -2.32. The number of aromatic nitrogens is 4. The number of aromatic amines is 1. The smallest absolute Gasteiger partial charge is 0.339 e. The first-order valence-corrected chi connectivity index (χ1v) is 12.1. The molecule has 4 aromatic rings. The van der Waals surface area contributed by atoms with E-state index >= 15 is 0 Å². The summed E-state index contributed by atoms with van der Waals surface area (Å²) in [7, 11) is 1.33. The van der Waals surface area contributed by atoms with Crippen molar-refractivity contribution < 1.29 is 22.8 Å². The maximum atomic E-state index is 13.2. The maximum Gasteiger partial charge on any atom is 0.435 e. The number of amides is 2. The molecule has 0 radical (unpaired) electrons. The lowest BCUT2D eigenvalue weighted by molar-refractivity contribution is -0.141. The molecule has 0 saturated carbocycles. The molecule has 0 aliphatic carbocycles. The van der Waals surface area contributed by atoms with Gasteiger partial charge in [-0.2, -0.15) is 23.4 Å². The summed E-state index contributed by atoms with van der Waals surface area (Å²) in [5.41, 5.74) is 2.17. The van der Waals surface area contributed by atoms with Gasteiger partial charge in [0.2, 0.25) is 0 Å². The van der Waals surface area contributed by atoms with Crippen molar-refractivity contribution in [2.45, 2.75) is 24.9 Å². The molecule has 196 valence electrons. The molecule has 0 unspecified atom stereocenters. The summed E-state index contributed by atoms with van der Waals surface area (Å²) in [4.78, 5) is 27.3. The number of nitrogens with zero attached hydrogens (tertiary/aromatic N) is 4. The predicted octanol–water partition coefficient (Wildman–Crippen LogP) is 5.10. The van der Waals surface area contributed by atoms with E-state index in [-0.39, 0.29) is 11.8 Å². The molecule has 1 aliphatic rings. The first-order valence-electron chi connectivity index (χ1n) is 12.1. The minimum atomic E-state index is -4.72. The Hall–Kier alpha value is -4.41. The molecular weight excluding hydrogens is 497 g/mol. The Bertz CT molecular complexity index is 1420. The van der Waals surface area contributed by atoms with Gasteiger partial charge < -0.3 is 10.2 Å². The number of nitrogens with one attached hydrogen (secondary N) is 2. The molecule has 2 amide bonds. The van der Waals surface area contributed by atoms with Crippen LogP contribution in [-0.2, 0) is 13.2 Å². The number of carbonyl (C=O) groups is 2. The summed E-state index contributed by atoms with van der Waals surface area (Å²) < 4.78 is 40.5. The number of hydrogen-bond acceptors (Lipinski definition) is 4. The number of alkyl halides is 3. The zero-order valence-corrected chi connectivity index (χ0v) is 20.5. The lowest BCUT2D eigenvalue weighted by atomic mass is 9.89. The molecule has 3 heterocycles. The van der Waals surface area contributed by atoms with Crippen molar-refractivity contribution in [3.05, 3.63) is 89.4 Å². The number of likely N-dealkylation sites (tertiary alicyclic amines) is 1. The van der Waals surface area contributed by atoms with Gasteiger partial charge in [-0.3, -0.25) is 19.4 Å². The zero-order valence-electron chi connectivity index (χ0n) is 20.5. The lowest BCUT2D eigenvalue weighted by Crippen LogP contribution is -2.37. The third-order valence-electron chi connectivity index (χ3n) is 6.71. The van der Waals surface area contributed by atoms with Gasteiger partial charge in [-0.1, -0.05) is 24.3 Å². The van der Waals surface area contributed by atoms with Crippen LogP contribution in [-0.4, -0.2) is 49.8 Å². The Balaban J connectivity index is 1.17. The summed E-state index contributed by atoms with van der Waals surface area (Å²) in [5.74, 6) is -0.643. The SMILES string of the molecule is Cn1cc(C(=O)Nc2ccc(C3CCN(C(=O)c4ccc(-c5ccn[nH]5)cc4)CC3)cc2)c(C(F)(F)F)n1. The molecular formula is C27H25F3N6O2. The van der Waals surface area contributed by atoms with Crippen molar-refractivity contribution in [1.82, 2.24) is 24.9 Å². The van der Waals surface area contributed by atoms with Crippen LogP contribution >= 0.6 is 0 Å². The second-order valence-electron chi connectivity index (χ2n) is 9.25. The van der Waals surface area contributed by atoms with E-state index in [1.807, 2.05) is 47.4 Å². The van der Waals surface area contributed by atoms with Gasteiger partial charge in [0.15, 0.2) is 5.69 Å². The summed E-state index contributed by atoms with van der Waals surface area (Å²) >= 11 is 0. The van der Waals surface area contributed by atoms with Gasteiger partial charge in [0.25, 0.3) is 11.8 Å². The van der Waals surface area contributed by atoms with Crippen LogP contribution < -0.4 is 5.32 Å². The number of carbonyl (C=O) groups excluding carboxylic acids is 2. The summed E-state index contributed by atoms with van der Waals surface area (Å²) in [6, 6.07) is 16.4. The summed E-state index contributed by atoms with van der Waals surface area (Å²) in [5, 5.41) is 12.7. The van der Waals surface area contributed by atoms with Gasteiger partial charge >= 0.3 is 6.18 Å². The van der Waals surface area contributed by atoms with E-state index < -0.39 is 23.3 Å². The largest absolute Gasteiger partial charge is 0.435 e. The van der Waals surface area contributed by atoms with Crippen LogP contribution in [0.4, 0.5) is 18.9 Å². The fourth-order valence-corrected chi connectivity index (χ4v) is 4.71. The molecule has 0 spiro atoms. The Kier molecular flexibility index (Phi) is 6.75. The number of rotatable bonds is 5. The second-order valence-corrected chi connectivity index (χ2v) is 9.25. The monoisotopic (exact) mass is 522 g/mol. The van der Waals surface area contributed by atoms with Crippen LogP contribution in [0.5, 0.6) is 0 Å². The molecule has 1 aliphatic heterocycles. The van der Waals surface area contributed by atoms with Crippen molar-refractivity contribution in [2.75, 3.05) is 18.4 Å². The van der Waals surface area contributed by atoms with E-state index in [4.69, 9.17) is 0 Å². The fourth-order valence-electron chi connectivity index (χ4n) is 4.71. The minimum absolute atomic E-state index is 0.00806. The molecule has 0 bridgehead atoms. The highest BCUT2D eigenvalue weighted by molar-refractivity contribution is 6.05. The predicted molar refractivity (Wildman–Crippen MR) is 135 cm³/mol. The van der Waals surface area contributed by atoms with E-state index in [1.54, 1.807) is 18.3 Å². The number of anilines is 1. The number of benzene rings is 2. The third kappa shape index (κ3) is 5.31. The van der Waals surface area contributed by atoms with Crippen molar-refractivity contribution in [2.24, 2.45) is 7.05 Å². The number of H-pyrrole nitrogens is 1. The molecule has 2 aromatic heterocycles. The molecule has 38 heavy (non-hydrogen) atoms. The standard InChI is InChI=1S/C27H25F3N6O2/c1-35-16-22(24(34-35)27(28,29)30)25(37)32-21-8-6-17(7-9-21)18-11-14-36(15-12-18)26(38)20-4-2-19(3-5-20)23-10-13-31-33-23/h2-10,13,16,18H,11-12,14-15H2,1H3,(H,31,33)(H,32,37). The fraction of sp³-hybridized carbons (Fsp3) is 0.259. The number of aryl methyl sites for hydroxylation is 1. The quantitative estimate of drug-likeness (QED) is 0.381. The minimum Gasteiger partial charge on any atom is -0.339 e. The van der Waals surface area contributed by atoms with Crippen LogP contribution in [0.1, 0.15) is 50.7 Å². The van der Waals surface area contributed by atoms with E-state index in [0.29, 0.717) is 24.3 Å². The van der Waals surface area contributed by atoms with E-state index in [2.05, 4.69) is 20.6 Å². The normalized spacial score (nSPS) is 14.5. The highest BCUT2D eigenvalue weighted by Gasteiger charge is 2.39. The molecule has 8 nitrogen and oxygen atoms in total. The average molecular weight is 523 g/mol. The number of halogens is 3. The molecule has 2 aromatic carbocycles. The van der Waals surface area contributed by atoms with Gasteiger partial charge in [-0.15, -0.1) is 0 Å². The highest BCUT2D eigenvalue weighted by Crippen LogP contribution is 2.32. The van der Waals surface area contributed by atoms with Crippen molar-refractivity contribution >= 4 is 17.5 Å². The zero-order chi connectivity index (χ0) is 26.9. The van der Waals surface area contributed by atoms with Crippen LogP contribution in [0.15, 0.2) is 67.0 Å². The Morgan fingerprint density at radius 1 is 1.00 bits per heavy atom.